The number of amides is 1. The normalized spacial score (nSPS) is 21.1. The van der Waals surface area contributed by atoms with E-state index in [0.717, 1.165) is 6.20 Å². The van der Waals surface area contributed by atoms with Gasteiger partial charge in [0.25, 0.3) is 5.91 Å². The highest BCUT2D eigenvalue weighted by Gasteiger charge is 2.36. The number of rotatable bonds is 2. The Bertz CT molecular complexity index is 708. The Hall–Kier alpha value is -2.34. The van der Waals surface area contributed by atoms with Crippen molar-refractivity contribution < 1.29 is 18.7 Å². The van der Waals surface area contributed by atoms with Crippen molar-refractivity contribution in [1.29, 1.82) is 0 Å². The molecule has 22 heavy (non-hydrogen) atoms. The first-order chi connectivity index (χ1) is 10.6. The Labute approximate surface area is 126 Å². The van der Waals surface area contributed by atoms with Crippen molar-refractivity contribution >= 4 is 5.91 Å². The molecule has 1 aliphatic heterocycles. The minimum atomic E-state index is -0.720. The Balaban J connectivity index is 1.94. The van der Waals surface area contributed by atoms with E-state index in [4.69, 9.17) is 0 Å². The average molecular weight is 304 g/mol. The summed E-state index contributed by atoms with van der Waals surface area (Å²) in [6.45, 7) is 0.0851. The van der Waals surface area contributed by atoms with Crippen molar-refractivity contribution in [2.75, 3.05) is 6.54 Å². The highest BCUT2D eigenvalue weighted by Crippen LogP contribution is 2.33. The molecule has 3 rings (SSSR count). The number of carbonyl (C=O) groups excluding carboxylic acids is 1. The first kappa shape index (κ1) is 14.6. The smallest absolute Gasteiger partial charge is 0.257 e. The standard InChI is InChI=1S/C16H14F2N2O2/c17-11-3-1-2-10(6-11)15-7-12(21)9-20(15)16(22)13-4-5-19-8-14(13)18/h1-6,8,12,15,21H,7,9H2/t12-,15+/m0/s1. The van der Waals surface area contributed by atoms with E-state index < -0.39 is 29.7 Å². The number of hydrogen-bond acceptors (Lipinski definition) is 3. The van der Waals surface area contributed by atoms with E-state index in [9.17, 15) is 18.7 Å². The topological polar surface area (TPSA) is 53.4 Å². The Morgan fingerprint density at radius 2 is 2.14 bits per heavy atom. The Kier molecular flexibility index (Phi) is 3.85. The summed E-state index contributed by atoms with van der Waals surface area (Å²) < 4.78 is 27.2. The van der Waals surface area contributed by atoms with Crippen LogP contribution in [0.5, 0.6) is 0 Å². The summed E-state index contributed by atoms with van der Waals surface area (Å²) in [6.07, 6.45) is 1.88. The van der Waals surface area contributed by atoms with Gasteiger partial charge >= 0.3 is 0 Å². The van der Waals surface area contributed by atoms with Crippen LogP contribution in [0.3, 0.4) is 0 Å². The van der Waals surface area contributed by atoms with Crippen LogP contribution in [0.25, 0.3) is 0 Å². The van der Waals surface area contributed by atoms with E-state index in [1.54, 1.807) is 12.1 Å². The van der Waals surface area contributed by atoms with Crippen molar-refractivity contribution in [3.63, 3.8) is 0 Å². The lowest BCUT2D eigenvalue weighted by atomic mass is 10.0. The molecule has 0 aliphatic carbocycles. The molecule has 6 heteroatoms. The SMILES string of the molecule is O=C(c1ccncc1F)N1C[C@@H](O)C[C@@H]1c1cccc(F)c1. The molecule has 0 spiro atoms. The molecule has 1 aliphatic rings. The van der Waals surface area contributed by atoms with Crippen LogP contribution in [-0.2, 0) is 0 Å². The van der Waals surface area contributed by atoms with Gasteiger partial charge in [0.15, 0.2) is 5.82 Å². The zero-order chi connectivity index (χ0) is 15.7. The van der Waals surface area contributed by atoms with Gasteiger partial charge in [-0.1, -0.05) is 12.1 Å². The number of aliphatic hydroxyl groups is 1. The van der Waals surface area contributed by atoms with E-state index in [1.807, 2.05) is 0 Å². The number of aromatic nitrogens is 1. The number of nitrogens with zero attached hydrogens (tertiary/aromatic N) is 2. The molecule has 1 saturated heterocycles. The fourth-order valence-corrected chi connectivity index (χ4v) is 2.77. The van der Waals surface area contributed by atoms with Crippen molar-refractivity contribution in [1.82, 2.24) is 9.88 Å². The van der Waals surface area contributed by atoms with Gasteiger partial charge in [0.1, 0.15) is 5.82 Å². The largest absolute Gasteiger partial charge is 0.391 e. The molecule has 1 N–H and O–H groups in total. The first-order valence-corrected chi connectivity index (χ1v) is 6.90. The number of β-amino-alcohol motifs (C(OH)–C–C–N with tert-alkyl or cyclic N) is 1. The third kappa shape index (κ3) is 2.69. The molecule has 1 aromatic carbocycles. The molecule has 4 nitrogen and oxygen atoms in total. The zero-order valence-corrected chi connectivity index (χ0v) is 11.6. The summed E-state index contributed by atoms with van der Waals surface area (Å²) in [5, 5.41) is 9.87. The number of aliphatic hydroxyl groups excluding tert-OH is 1. The maximum atomic E-state index is 13.8. The summed E-state index contributed by atoms with van der Waals surface area (Å²) in [7, 11) is 0. The van der Waals surface area contributed by atoms with E-state index >= 15 is 0 Å². The van der Waals surface area contributed by atoms with Crippen LogP contribution >= 0.6 is 0 Å². The van der Waals surface area contributed by atoms with Crippen LogP contribution in [0.4, 0.5) is 8.78 Å². The van der Waals surface area contributed by atoms with E-state index in [-0.39, 0.29) is 12.1 Å². The fourth-order valence-electron chi connectivity index (χ4n) is 2.77. The van der Waals surface area contributed by atoms with Crippen LogP contribution in [0.1, 0.15) is 28.4 Å². The molecule has 2 heterocycles. The van der Waals surface area contributed by atoms with Crippen LogP contribution in [0.15, 0.2) is 42.7 Å². The third-order valence-electron chi connectivity index (χ3n) is 3.78. The first-order valence-electron chi connectivity index (χ1n) is 6.90. The minimum Gasteiger partial charge on any atom is -0.391 e. The van der Waals surface area contributed by atoms with Crippen molar-refractivity contribution in [2.24, 2.45) is 0 Å². The van der Waals surface area contributed by atoms with E-state index in [2.05, 4.69) is 4.98 Å². The summed E-state index contributed by atoms with van der Waals surface area (Å²) in [4.78, 5) is 17.5. The number of likely N-dealkylation sites (tertiary alicyclic amines) is 1. The molecule has 0 bridgehead atoms. The van der Waals surface area contributed by atoms with Gasteiger partial charge in [0.05, 0.1) is 23.9 Å². The highest BCUT2D eigenvalue weighted by atomic mass is 19.1. The van der Waals surface area contributed by atoms with Gasteiger partial charge < -0.3 is 10.0 Å². The van der Waals surface area contributed by atoms with Gasteiger partial charge in [-0.2, -0.15) is 0 Å². The molecule has 1 amide bonds. The lowest BCUT2D eigenvalue weighted by Crippen LogP contribution is -2.32. The van der Waals surface area contributed by atoms with Crippen molar-refractivity contribution in [2.45, 2.75) is 18.6 Å². The predicted octanol–water partition coefficient (Wildman–Crippen LogP) is 2.31. The molecule has 2 aromatic rings. The van der Waals surface area contributed by atoms with Gasteiger partial charge in [-0.05, 0) is 30.2 Å². The number of halogens is 2. The van der Waals surface area contributed by atoms with Crippen molar-refractivity contribution in [3.05, 3.63) is 65.5 Å². The summed E-state index contributed by atoms with van der Waals surface area (Å²) in [5.41, 5.74) is 0.477. The average Bonchev–Trinajstić information content (AvgIpc) is 2.89. The van der Waals surface area contributed by atoms with Crippen LogP contribution in [0.2, 0.25) is 0 Å². The molecule has 2 atom stereocenters. The van der Waals surface area contributed by atoms with Gasteiger partial charge in [0.2, 0.25) is 0 Å². The van der Waals surface area contributed by atoms with Crippen LogP contribution in [-0.4, -0.2) is 33.5 Å². The zero-order valence-electron chi connectivity index (χ0n) is 11.6. The molecule has 0 radical (unpaired) electrons. The summed E-state index contributed by atoms with van der Waals surface area (Å²) in [5.74, 6) is -1.67. The van der Waals surface area contributed by atoms with E-state index in [0.29, 0.717) is 12.0 Å². The second-order valence-electron chi connectivity index (χ2n) is 5.27. The Morgan fingerprint density at radius 1 is 1.32 bits per heavy atom. The van der Waals surface area contributed by atoms with Gasteiger partial charge in [-0.15, -0.1) is 0 Å². The second kappa shape index (κ2) is 5.81. The number of benzene rings is 1. The second-order valence-corrected chi connectivity index (χ2v) is 5.27. The lowest BCUT2D eigenvalue weighted by Gasteiger charge is -2.25. The molecular weight excluding hydrogens is 290 g/mol. The quantitative estimate of drug-likeness (QED) is 0.926. The molecular formula is C16H14F2N2O2. The molecule has 0 unspecified atom stereocenters. The van der Waals surface area contributed by atoms with Gasteiger partial charge in [-0.3, -0.25) is 9.78 Å². The molecule has 1 fully saturated rings. The fraction of sp³-hybridized carbons (Fsp3) is 0.250. The number of carbonyl (C=O) groups is 1. The van der Waals surface area contributed by atoms with Crippen molar-refractivity contribution in [3.8, 4) is 0 Å². The molecule has 0 saturated carbocycles. The Morgan fingerprint density at radius 3 is 2.86 bits per heavy atom. The minimum absolute atomic E-state index is 0.0851. The third-order valence-corrected chi connectivity index (χ3v) is 3.78. The molecule has 1 aromatic heterocycles. The van der Waals surface area contributed by atoms with E-state index in [1.165, 1.54) is 29.3 Å². The predicted molar refractivity (Wildman–Crippen MR) is 75.0 cm³/mol. The molecule has 114 valence electrons. The van der Waals surface area contributed by atoms with Crippen LogP contribution in [0, 0.1) is 11.6 Å². The van der Waals surface area contributed by atoms with Gasteiger partial charge in [0, 0.05) is 12.7 Å². The maximum absolute atomic E-state index is 13.8. The number of pyridine rings is 1. The van der Waals surface area contributed by atoms with Crippen LogP contribution < -0.4 is 0 Å². The van der Waals surface area contributed by atoms with Gasteiger partial charge in [-0.25, -0.2) is 8.78 Å². The number of hydrogen-bond donors (Lipinski definition) is 1. The maximum Gasteiger partial charge on any atom is 0.257 e. The summed E-state index contributed by atoms with van der Waals surface area (Å²) in [6, 6.07) is 6.69. The monoisotopic (exact) mass is 304 g/mol. The highest BCUT2D eigenvalue weighted by molar-refractivity contribution is 5.94. The lowest BCUT2D eigenvalue weighted by molar-refractivity contribution is 0.0710. The summed E-state index contributed by atoms with van der Waals surface area (Å²) >= 11 is 0.